The van der Waals surface area contributed by atoms with Gasteiger partial charge in [0.15, 0.2) is 0 Å². The van der Waals surface area contributed by atoms with Crippen molar-refractivity contribution in [2.24, 2.45) is 11.8 Å². The monoisotopic (exact) mass is 182 g/mol. The van der Waals surface area contributed by atoms with Crippen LogP contribution in [-0.4, -0.2) is 12.6 Å². The van der Waals surface area contributed by atoms with Crippen molar-refractivity contribution in [3.63, 3.8) is 0 Å². The summed E-state index contributed by atoms with van der Waals surface area (Å²) >= 11 is 0. The lowest BCUT2D eigenvalue weighted by Gasteiger charge is -1.96. The van der Waals surface area contributed by atoms with Gasteiger partial charge in [-0.25, -0.2) is 0 Å². The highest BCUT2D eigenvalue weighted by Crippen LogP contribution is 2.38. The standard InChI is InChI=1S/C7H10.C4H8O2/c1-2-7-4-3-6(1)5-7;1-4(2)6-3-5/h1-2,6-7H,3-5H2;3-4H,1-2H3. The number of carbonyl (C=O) groups is 1. The minimum Gasteiger partial charge on any atom is -0.465 e. The fraction of sp³-hybridized carbons (Fsp3) is 0.727. The van der Waals surface area contributed by atoms with E-state index in [1.54, 1.807) is 13.8 Å². The van der Waals surface area contributed by atoms with Crippen LogP contribution in [0.5, 0.6) is 0 Å². The first kappa shape index (κ1) is 10.3. The average Bonchev–Trinajstić information content (AvgIpc) is 2.66. The van der Waals surface area contributed by atoms with Crippen LogP contribution in [0.4, 0.5) is 0 Å². The quantitative estimate of drug-likeness (QED) is 0.484. The van der Waals surface area contributed by atoms with E-state index in [0.717, 1.165) is 11.8 Å². The molecule has 0 N–H and O–H groups in total. The summed E-state index contributed by atoms with van der Waals surface area (Å²) in [6.07, 6.45) is 9.22. The smallest absolute Gasteiger partial charge is 0.293 e. The SMILES string of the molecule is C1=CC2CCC1C2.CC(C)OC=O. The van der Waals surface area contributed by atoms with Gasteiger partial charge in [0, 0.05) is 0 Å². The van der Waals surface area contributed by atoms with Crippen molar-refractivity contribution in [1.82, 2.24) is 0 Å². The molecule has 0 spiro atoms. The second kappa shape index (κ2) is 5.05. The van der Waals surface area contributed by atoms with Gasteiger partial charge in [0.2, 0.25) is 0 Å². The molecule has 2 aliphatic carbocycles. The third kappa shape index (κ3) is 3.62. The number of hydrogen-bond donors (Lipinski definition) is 0. The van der Waals surface area contributed by atoms with Crippen molar-refractivity contribution in [1.29, 1.82) is 0 Å². The molecule has 2 heteroatoms. The van der Waals surface area contributed by atoms with Gasteiger partial charge < -0.3 is 4.74 Å². The second-order valence-corrected chi connectivity index (χ2v) is 4.00. The first-order chi connectivity index (χ1) is 6.22. The van der Waals surface area contributed by atoms with Crippen molar-refractivity contribution >= 4 is 6.47 Å². The summed E-state index contributed by atoms with van der Waals surface area (Å²) in [5.41, 5.74) is 0. The van der Waals surface area contributed by atoms with Gasteiger partial charge in [-0.15, -0.1) is 0 Å². The third-order valence-corrected chi connectivity index (χ3v) is 2.50. The van der Waals surface area contributed by atoms with Crippen molar-refractivity contribution in [2.75, 3.05) is 0 Å². The summed E-state index contributed by atoms with van der Waals surface area (Å²) in [7, 11) is 0. The molecule has 2 atom stereocenters. The molecule has 1 saturated carbocycles. The molecule has 0 heterocycles. The molecule has 2 unspecified atom stereocenters. The van der Waals surface area contributed by atoms with E-state index in [1.807, 2.05) is 0 Å². The fourth-order valence-corrected chi connectivity index (χ4v) is 1.83. The summed E-state index contributed by atoms with van der Waals surface area (Å²) in [5, 5.41) is 0. The lowest BCUT2D eigenvalue weighted by molar-refractivity contribution is -0.131. The van der Waals surface area contributed by atoms with Gasteiger partial charge in [-0.05, 0) is 44.9 Å². The van der Waals surface area contributed by atoms with Gasteiger partial charge in [-0.3, -0.25) is 4.79 Å². The van der Waals surface area contributed by atoms with Crippen LogP contribution < -0.4 is 0 Å². The molecule has 0 aromatic carbocycles. The van der Waals surface area contributed by atoms with Crippen LogP contribution in [0.2, 0.25) is 0 Å². The van der Waals surface area contributed by atoms with Gasteiger partial charge in [-0.2, -0.15) is 0 Å². The minimum absolute atomic E-state index is 0.0301. The molecule has 74 valence electrons. The summed E-state index contributed by atoms with van der Waals surface area (Å²) in [4.78, 5) is 9.39. The predicted octanol–water partition coefficient (Wildman–Crippen LogP) is 2.54. The molecule has 2 aliphatic rings. The number of rotatable bonds is 2. The maximum Gasteiger partial charge on any atom is 0.293 e. The number of allylic oxidation sites excluding steroid dienone is 2. The van der Waals surface area contributed by atoms with E-state index < -0.39 is 0 Å². The first-order valence-electron chi connectivity index (χ1n) is 4.99. The minimum atomic E-state index is 0.0301. The zero-order chi connectivity index (χ0) is 9.68. The zero-order valence-corrected chi connectivity index (χ0v) is 8.40. The fourth-order valence-electron chi connectivity index (χ4n) is 1.83. The Morgan fingerprint density at radius 1 is 1.31 bits per heavy atom. The van der Waals surface area contributed by atoms with Crippen LogP contribution in [0.1, 0.15) is 33.1 Å². The highest BCUT2D eigenvalue weighted by atomic mass is 16.5. The molecule has 2 nitrogen and oxygen atoms in total. The predicted molar refractivity (Wildman–Crippen MR) is 52.3 cm³/mol. The second-order valence-electron chi connectivity index (χ2n) is 4.00. The molecule has 2 rings (SSSR count). The molecule has 0 aliphatic heterocycles. The Bertz CT molecular complexity index is 173. The Kier molecular flexibility index (Phi) is 4.00. The topological polar surface area (TPSA) is 26.3 Å². The third-order valence-electron chi connectivity index (χ3n) is 2.50. The number of ether oxygens (including phenoxy) is 1. The van der Waals surface area contributed by atoms with Crippen molar-refractivity contribution in [3.8, 4) is 0 Å². The van der Waals surface area contributed by atoms with Crippen LogP contribution in [0, 0.1) is 11.8 Å². The highest BCUT2D eigenvalue weighted by Gasteiger charge is 2.25. The largest absolute Gasteiger partial charge is 0.465 e. The average molecular weight is 182 g/mol. The van der Waals surface area contributed by atoms with Crippen LogP contribution in [0.15, 0.2) is 12.2 Å². The summed E-state index contributed by atoms with van der Waals surface area (Å²) in [5.74, 6) is 1.98. The van der Waals surface area contributed by atoms with E-state index in [1.165, 1.54) is 19.3 Å². The Hall–Kier alpha value is -0.790. The summed E-state index contributed by atoms with van der Waals surface area (Å²) in [6.45, 7) is 4.05. The van der Waals surface area contributed by atoms with E-state index in [-0.39, 0.29) is 6.10 Å². The van der Waals surface area contributed by atoms with Crippen molar-refractivity contribution in [2.45, 2.75) is 39.2 Å². The van der Waals surface area contributed by atoms with E-state index in [0.29, 0.717) is 6.47 Å². The molecule has 0 aromatic heterocycles. The van der Waals surface area contributed by atoms with E-state index >= 15 is 0 Å². The molecule has 0 aromatic rings. The van der Waals surface area contributed by atoms with E-state index in [2.05, 4.69) is 16.9 Å². The number of hydrogen-bond acceptors (Lipinski definition) is 2. The van der Waals surface area contributed by atoms with Crippen molar-refractivity contribution in [3.05, 3.63) is 12.2 Å². The molecule has 13 heavy (non-hydrogen) atoms. The lowest BCUT2D eigenvalue weighted by atomic mass is 10.1. The first-order valence-corrected chi connectivity index (χ1v) is 4.99. The Balaban J connectivity index is 0.000000133. The van der Waals surface area contributed by atoms with E-state index in [4.69, 9.17) is 0 Å². The molecular formula is C11H18O2. The van der Waals surface area contributed by atoms with Crippen LogP contribution in [-0.2, 0) is 9.53 Å². The number of fused-ring (bicyclic) bond motifs is 2. The lowest BCUT2D eigenvalue weighted by Crippen LogP contribution is -1.98. The normalized spacial score (nSPS) is 28.5. The molecule has 1 fully saturated rings. The Morgan fingerprint density at radius 3 is 1.92 bits per heavy atom. The number of carbonyl (C=O) groups excluding carboxylic acids is 1. The maximum absolute atomic E-state index is 9.39. The van der Waals surface area contributed by atoms with E-state index in [9.17, 15) is 4.79 Å². The zero-order valence-electron chi connectivity index (χ0n) is 8.40. The molecular weight excluding hydrogens is 164 g/mol. The Labute approximate surface area is 80.0 Å². The van der Waals surface area contributed by atoms with Gasteiger partial charge in [0.25, 0.3) is 6.47 Å². The Morgan fingerprint density at radius 2 is 1.85 bits per heavy atom. The molecule has 0 radical (unpaired) electrons. The molecule has 0 amide bonds. The van der Waals surface area contributed by atoms with Gasteiger partial charge in [0.1, 0.15) is 0 Å². The van der Waals surface area contributed by atoms with Gasteiger partial charge in [-0.1, -0.05) is 12.2 Å². The van der Waals surface area contributed by atoms with Crippen LogP contribution in [0.25, 0.3) is 0 Å². The summed E-state index contributed by atoms with van der Waals surface area (Å²) in [6, 6.07) is 0. The molecule has 0 saturated heterocycles. The summed E-state index contributed by atoms with van der Waals surface area (Å²) < 4.78 is 4.36. The maximum atomic E-state index is 9.39. The van der Waals surface area contributed by atoms with Crippen LogP contribution >= 0.6 is 0 Å². The highest BCUT2D eigenvalue weighted by molar-refractivity contribution is 5.37. The van der Waals surface area contributed by atoms with Crippen LogP contribution in [0.3, 0.4) is 0 Å². The molecule has 2 bridgehead atoms. The van der Waals surface area contributed by atoms with Gasteiger partial charge >= 0.3 is 0 Å². The van der Waals surface area contributed by atoms with Gasteiger partial charge in [0.05, 0.1) is 6.10 Å². The van der Waals surface area contributed by atoms with Crippen molar-refractivity contribution < 1.29 is 9.53 Å².